The third-order valence-electron chi connectivity index (χ3n) is 2.77. The average molecular weight is 280 g/mol. The molecule has 1 aromatic carbocycles. The number of aryl methyl sites for hydroxylation is 1. The van der Waals surface area contributed by atoms with Gasteiger partial charge in [0.2, 0.25) is 0 Å². The fourth-order valence-corrected chi connectivity index (χ4v) is 2.24. The summed E-state index contributed by atoms with van der Waals surface area (Å²) in [4.78, 5) is 14.1. The summed E-state index contributed by atoms with van der Waals surface area (Å²) in [6.45, 7) is 3.53. The molecule has 1 aromatic rings. The maximum atomic E-state index is 12.2. The van der Waals surface area contributed by atoms with E-state index < -0.39 is 0 Å². The Labute approximate surface area is 104 Å². The molecule has 2 nitrogen and oxygen atoms in total. The summed E-state index contributed by atoms with van der Waals surface area (Å²) in [6, 6.07) is 5.79. The molecule has 0 spiro atoms. The van der Waals surface area contributed by atoms with Gasteiger partial charge >= 0.3 is 0 Å². The normalized spacial score (nSPS) is 15.2. The van der Waals surface area contributed by atoms with E-state index in [2.05, 4.69) is 22.0 Å². The minimum atomic E-state index is 0.111. The van der Waals surface area contributed by atoms with Gasteiger partial charge in [-0.15, -0.1) is 0 Å². The number of carbonyl (C=O) groups excluding carboxylic acids is 1. The Morgan fingerprint density at radius 3 is 2.88 bits per heavy atom. The lowest BCUT2D eigenvalue weighted by atomic mass is 10.1. The third kappa shape index (κ3) is 2.19. The Hall–Kier alpha value is -1.09. The number of hydrogen-bond donors (Lipinski definition) is 0. The van der Waals surface area contributed by atoms with Gasteiger partial charge in [0.25, 0.3) is 5.91 Å². The molecule has 0 N–H and O–H groups in total. The van der Waals surface area contributed by atoms with Crippen molar-refractivity contribution in [3.63, 3.8) is 0 Å². The Morgan fingerprint density at radius 2 is 2.19 bits per heavy atom. The zero-order valence-electron chi connectivity index (χ0n) is 9.24. The monoisotopic (exact) mass is 279 g/mol. The zero-order valence-corrected chi connectivity index (χ0v) is 10.8. The van der Waals surface area contributed by atoms with Crippen molar-refractivity contribution >= 4 is 21.8 Å². The number of benzene rings is 1. The van der Waals surface area contributed by atoms with E-state index in [0.717, 1.165) is 35.1 Å². The summed E-state index contributed by atoms with van der Waals surface area (Å²) < 4.78 is 0.912. The molecule has 0 unspecified atom stereocenters. The summed E-state index contributed by atoms with van der Waals surface area (Å²) >= 11 is 3.48. The van der Waals surface area contributed by atoms with E-state index in [1.54, 1.807) is 0 Å². The van der Waals surface area contributed by atoms with Crippen LogP contribution in [0.5, 0.6) is 0 Å². The topological polar surface area (TPSA) is 20.3 Å². The van der Waals surface area contributed by atoms with E-state index in [9.17, 15) is 4.79 Å². The van der Waals surface area contributed by atoms with Crippen molar-refractivity contribution in [2.45, 2.75) is 13.3 Å². The van der Waals surface area contributed by atoms with Gasteiger partial charge in [0.15, 0.2) is 0 Å². The molecule has 1 heterocycles. The molecule has 0 atom stereocenters. The molecule has 0 bridgehead atoms. The fraction of sp³-hybridized carbons (Fsp3) is 0.308. The van der Waals surface area contributed by atoms with Crippen molar-refractivity contribution in [1.82, 2.24) is 4.90 Å². The Bertz CT molecular complexity index is 440. The van der Waals surface area contributed by atoms with Crippen LogP contribution in [0.2, 0.25) is 0 Å². The molecule has 1 aliphatic rings. The summed E-state index contributed by atoms with van der Waals surface area (Å²) in [7, 11) is 0. The van der Waals surface area contributed by atoms with Crippen LogP contribution in [0.15, 0.2) is 34.8 Å². The second-order valence-electron chi connectivity index (χ2n) is 3.95. The SMILES string of the molecule is Cc1cccc(C(=O)N2CC=CCC2)c1Br. The van der Waals surface area contributed by atoms with Crippen LogP contribution in [0.3, 0.4) is 0 Å². The fourth-order valence-electron chi connectivity index (χ4n) is 1.81. The molecule has 0 saturated carbocycles. The Morgan fingerprint density at radius 1 is 1.38 bits per heavy atom. The van der Waals surface area contributed by atoms with E-state index in [4.69, 9.17) is 0 Å². The second kappa shape index (κ2) is 4.83. The lowest BCUT2D eigenvalue weighted by Gasteiger charge is -2.24. The first-order valence-electron chi connectivity index (χ1n) is 5.39. The molecule has 0 aromatic heterocycles. The van der Waals surface area contributed by atoms with Crippen LogP contribution in [0.1, 0.15) is 22.3 Å². The highest BCUT2D eigenvalue weighted by atomic mass is 79.9. The van der Waals surface area contributed by atoms with Gasteiger partial charge in [-0.25, -0.2) is 0 Å². The van der Waals surface area contributed by atoms with Gasteiger partial charge in [-0.05, 0) is 40.9 Å². The number of nitrogens with zero attached hydrogens (tertiary/aromatic N) is 1. The molecule has 3 heteroatoms. The number of hydrogen-bond acceptors (Lipinski definition) is 1. The summed E-state index contributed by atoms with van der Waals surface area (Å²) in [5.74, 6) is 0.111. The predicted molar refractivity (Wildman–Crippen MR) is 68.5 cm³/mol. The van der Waals surface area contributed by atoms with Gasteiger partial charge in [-0.3, -0.25) is 4.79 Å². The highest BCUT2D eigenvalue weighted by molar-refractivity contribution is 9.10. The van der Waals surface area contributed by atoms with Crippen LogP contribution < -0.4 is 0 Å². The van der Waals surface area contributed by atoms with Crippen LogP contribution >= 0.6 is 15.9 Å². The maximum absolute atomic E-state index is 12.2. The molecule has 0 radical (unpaired) electrons. The van der Waals surface area contributed by atoms with Gasteiger partial charge in [0.1, 0.15) is 0 Å². The highest BCUT2D eigenvalue weighted by Crippen LogP contribution is 2.23. The van der Waals surface area contributed by atoms with Gasteiger partial charge < -0.3 is 4.90 Å². The molecular weight excluding hydrogens is 266 g/mol. The minimum Gasteiger partial charge on any atom is -0.335 e. The lowest BCUT2D eigenvalue weighted by molar-refractivity contribution is 0.0770. The van der Waals surface area contributed by atoms with Crippen molar-refractivity contribution in [2.75, 3.05) is 13.1 Å². The average Bonchev–Trinajstić information content (AvgIpc) is 2.33. The summed E-state index contributed by atoms with van der Waals surface area (Å²) in [5, 5.41) is 0. The van der Waals surface area contributed by atoms with E-state index in [1.165, 1.54) is 0 Å². The minimum absolute atomic E-state index is 0.111. The van der Waals surface area contributed by atoms with Crippen LogP contribution in [-0.4, -0.2) is 23.9 Å². The van der Waals surface area contributed by atoms with Gasteiger partial charge in [0, 0.05) is 17.6 Å². The predicted octanol–water partition coefficient (Wildman–Crippen LogP) is 3.16. The largest absolute Gasteiger partial charge is 0.335 e. The van der Waals surface area contributed by atoms with E-state index >= 15 is 0 Å². The summed E-state index contributed by atoms with van der Waals surface area (Å²) in [5.41, 5.74) is 1.86. The molecule has 16 heavy (non-hydrogen) atoms. The van der Waals surface area contributed by atoms with Crippen LogP contribution in [-0.2, 0) is 0 Å². The first-order chi connectivity index (χ1) is 7.70. The Balaban J connectivity index is 2.26. The smallest absolute Gasteiger partial charge is 0.255 e. The van der Waals surface area contributed by atoms with Crippen molar-refractivity contribution < 1.29 is 4.79 Å². The van der Waals surface area contributed by atoms with Crippen molar-refractivity contribution in [3.8, 4) is 0 Å². The van der Waals surface area contributed by atoms with E-state index in [1.807, 2.05) is 36.1 Å². The molecule has 1 amide bonds. The lowest BCUT2D eigenvalue weighted by Crippen LogP contribution is -2.34. The number of carbonyl (C=O) groups is 1. The zero-order chi connectivity index (χ0) is 11.5. The maximum Gasteiger partial charge on any atom is 0.255 e. The van der Waals surface area contributed by atoms with Crippen molar-refractivity contribution in [1.29, 1.82) is 0 Å². The molecule has 0 saturated heterocycles. The number of halogens is 1. The quantitative estimate of drug-likeness (QED) is 0.724. The summed E-state index contributed by atoms with van der Waals surface area (Å²) in [6.07, 6.45) is 5.12. The second-order valence-corrected chi connectivity index (χ2v) is 4.74. The van der Waals surface area contributed by atoms with Crippen LogP contribution in [0, 0.1) is 6.92 Å². The highest BCUT2D eigenvalue weighted by Gasteiger charge is 2.18. The first kappa shape index (κ1) is 11.4. The van der Waals surface area contributed by atoms with Crippen molar-refractivity contribution in [3.05, 3.63) is 46.0 Å². The Kier molecular flexibility index (Phi) is 3.44. The van der Waals surface area contributed by atoms with Gasteiger partial charge in [-0.2, -0.15) is 0 Å². The molecule has 0 fully saturated rings. The van der Waals surface area contributed by atoms with Crippen molar-refractivity contribution in [2.24, 2.45) is 0 Å². The number of rotatable bonds is 1. The van der Waals surface area contributed by atoms with E-state index in [-0.39, 0.29) is 5.91 Å². The third-order valence-corrected chi connectivity index (χ3v) is 3.82. The molecular formula is C13H14BrNO. The molecule has 2 rings (SSSR count). The first-order valence-corrected chi connectivity index (χ1v) is 6.19. The van der Waals surface area contributed by atoms with Gasteiger partial charge in [-0.1, -0.05) is 24.3 Å². The molecule has 0 aliphatic carbocycles. The number of amides is 1. The standard InChI is InChI=1S/C13H14BrNO/c1-10-6-5-7-11(12(10)14)13(16)15-8-3-2-4-9-15/h2-3,5-7H,4,8-9H2,1H3. The van der Waals surface area contributed by atoms with Gasteiger partial charge in [0.05, 0.1) is 5.56 Å². The van der Waals surface area contributed by atoms with Crippen LogP contribution in [0.25, 0.3) is 0 Å². The molecule has 1 aliphatic heterocycles. The van der Waals surface area contributed by atoms with Crippen LogP contribution in [0.4, 0.5) is 0 Å². The molecule has 84 valence electrons. The van der Waals surface area contributed by atoms with E-state index in [0.29, 0.717) is 0 Å².